The SMILES string of the molecule is COC(=O)CCNCCCCCCC(C)C. The number of ether oxygens (including phenoxy) is 1. The van der Waals surface area contributed by atoms with Crippen molar-refractivity contribution in [3.8, 4) is 0 Å². The first-order valence-corrected chi connectivity index (χ1v) is 6.44. The molecule has 0 aliphatic heterocycles. The molecule has 0 radical (unpaired) electrons. The summed E-state index contributed by atoms with van der Waals surface area (Å²) >= 11 is 0. The summed E-state index contributed by atoms with van der Waals surface area (Å²) in [5.41, 5.74) is 0. The third kappa shape index (κ3) is 11.5. The molecule has 0 aromatic rings. The Morgan fingerprint density at radius 1 is 1.12 bits per heavy atom. The lowest BCUT2D eigenvalue weighted by molar-refractivity contribution is -0.140. The maximum absolute atomic E-state index is 10.8. The number of rotatable bonds is 10. The van der Waals surface area contributed by atoms with Crippen molar-refractivity contribution in [2.45, 2.75) is 52.4 Å². The van der Waals surface area contributed by atoms with E-state index in [9.17, 15) is 4.79 Å². The molecule has 0 atom stereocenters. The van der Waals surface area contributed by atoms with Gasteiger partial charge < -0.3 is 10.1 Å². The molecule has 0 aromatic heterocycles. The third-order valence-electron chi connectivity index (χ3n) is 2.62. The average Bonchev–Trinajstić information content (AvgIpc) is 2.26. The van der Waals surface area contributed by atoms with Gasteiger partial charge in [0.05, 0.1) is 13.5 Å². The van der Waals surface area contributed by atoms with Crippen LogP contribution in [0.4, 0.5) is 0 Å². The highest BCUT2D eigenvalue weighted by Crippen LogP contribution is 2.08. The highest BCUT2D eigenvalue weighted by molar-refractivity contribution is 5.69. The largest absolute Gasteiger partial charge is 0.469 e. The molecule has 0 saturated heterocycles. The van der Waals surface area contributed by atoms with Crippen LogP contribution in [0.3, 0.4) is 0 Å². The summed E-state index contributed by atoms with van der Waals surface area (Å²) in [6, 6.07) is 0. The van der Waals surface area contributed by atoms with Gasteiger partial charge in [-0.3, -0.25) is 4.79 Å². The number of hydrogen-bond acceptors (Lipinski definition) is 3. The van der Waals surface area contributed by atoms with Crippen molar-refractivity contribution in [2.75, 3.05) is 20.2 Å². The van der Waals surface area contributed by atoms with Gasteiger partial charge in [-0.05, 0) is 18.9 Å². The predicted octanol–water partition coefficient (Wildman–Crippen LogP) is 2.75. The minimum Gasteiger partial charge on any atom is -0.469 e. The molecule has 96 valence electrons. The van der Waals surface area contributed by atoms with Crippen molar-refractivity contribution in [3.05, 3.63) is 0 Å². The molecular formula is C13H27NO2. The molecule has 0 heterocycles. The van der Waals surface area contributed by atoms with Gasteiger partial charge in [-0.1, -0.05) is 39.5 Å². The Hall–Kier alpha value is -0.570. The van der Waals surface area contributed by atoms with Crippen molar-refractivity contribution >= 4 is 5.97 Å². The zero-order valence-electron chi connectivity index (χ0n) is 11.1. The molecule has 0 amide bonds. The monoisotopic (exact) mass is 229 g/mol. The van der Waals surface area contributed by atoms with Gasteiger partial charge in [-0.25, -0.2) is 0 Å². The summed E-state index contributed by atoms with van der Waals surface area (Å²) in [6.07, 6.45) is 6.99. The van der Waals surface area contributed by atoms with Crippen LogP contribution in [0, 0.1) is 5.92 Å². The van der Waals surface area contributed by atoms with Gasteiger partial charge in [0, 0.05) is 6.54 Å². The van der Waals surface area contributed by atoms with Crippen LogP contribution in [-0.2, 0) is 9.53 Å². The summed E-state index contributed by atoms with van der Waals surface area (Å²) in [7, 11) is 1.43. The van der Waals surface area contributed by atoms with Crippen molar-refractivity contribution < 1.29 is 9.53 Å². The van der Waals surface area contributed by atoms with Crippen LogP contribution in [0.2, 0.25) is 0 Å². The van der Waals surface area contributed by atoms with E-state index < -0.39 is 0 Å². The zero-order valence-corrected chi connectivity index (χ0v) is 11.1. The van der Waals surface area contributed by atoms with Crippen LogP contribution < -0.4 is 5.32 Å². The van der Waals surface area contributed by atoms with Gasteiger partial charge in [0.1, 0.15) is 0 Å². The molecule has 0 rings (SSSR count). The van der Waals surface area contributed by atoms with Crippen molar-refractivity contribution in [1.29, 1.82) is 0 Å². The fraction of sp³-hybridized carbons (Fsp3) is 0.923. The molecule has 0 aliphatic rings. The Balaban J connectivity index is 3.01. The van der Waals surface area contributed by atoms with Crippen LogP contribution in [-0.4, -0.2) is 26.2 Å². The molecule has 0 spiro atoms. The summed E-state index contributed by atoms with van der Waals surface area (Å²) in [4.78, 5) is 10.8. The number of unbranched alkanes of at least 4 members (excludes halogenated alkanes) is 3. The van der Waals surface area contributed by atoms with E-state index in [0.717, 1.165) is 19.0 Å². The number of nitrogens with one attached hydrogen (secondary N) is 1. The Kier molecular flexibility index (Phi) is 10.5. The molecule has 3 nitrogen and oxygen atoms in total. The highest BCUT2D eigenvalue weighted by atomic mass is 16.5. The maximum atomic E-state index is 10.8. The van der Waals surface area contributed by atoms with Crippen molar-refractivity contribution in [1.82, 2.24) is 5.32 Å². The van der Waals surface area contributed by atoms with Crippen LogP contribution in [0.25, 0.3) is 0 Å². The van der Waals surface area contributed by atoms with E-state index >= 15 is 0 Å². The van der Waals surface area contributed by atoms with E-state index in [4.69, 9.17) is 0 Å². The van der Waals surface area contributed by atoms with Crippen molar-refractivity contribution in [3.63, 3.8) is 0 Å². The molecule has 0 aromatic carbocycles. The topological polar surface area (TPSA) is 38.3 Å². The number of hydrogen-bond donors (Lipinski definition) is 1. The molecule has 0 saturated carbocycles. The second-order valence-corrected chi connectivity index (χ2v) is 4.67. The number of carbonyl (C=O) groups excluding carboxylic acids is 1. The van der Waals surface area contributed by atoms with Crippen LogP contribution >= 0.6 is 0 Å². The fourth-order valence-corrected chi connectivity index (χ4v) is 1.57. The van der Waals surface area contributed by atoms with Gasteiger partial charge >= 0.3 is 5.97 Å². The molecule has 1 N–H and O–H groups in total. The lowest BCUT2D eigenvalue weighted by atomic mass is 10.0. The minimum atomic E-state index is -0.135. The third-order valence-corrected chi connectivity index (χ3v) is 2.62. The Morgan fingerprint density at radius 3 is 2.44 bits per heavy atom. The average molecular weight is 229 g/mol. The first-order valence-electron chi connectivity index (χ1n) is 6.44. The smallest absolute Gasteiger partial charge is 0.306 e. The number of carbonyl (C=O) groups is 1. The van der Waals surface area contributed by atoms with E-state index in [2.05, 4.69) is 23.9 Å². The van der Waals surface area contributed by atoms with Crippen molar-refractivity contribution in [2.24, 2.45) is 5.92 Å². The Bertz CT molecular complexity index is 169. The number of esters is 1. The Labute approximate surface area is 99.9 Å². The van der Waals surface area contributed by atoms with Gasteiger partial charge in [-0.2, -0.15) is 0 Å². The molecule has 0 fully saturated rings. The first-order chi connectivity index (χ1) is 7.66. The first kappa shape index (κ1) is 15.4. The lowest BCUT2D eigenvalue weighted by Crippen LogP contribution is -2.19. The number of methoxy groups -OCH3 is 1. The minimum absolute atomic E-state index is 0.135. The van der Waals surface area contributed by atoms with Crippen LogP contribution in [0.5, 0.6) is 0 Å². The summed E-state index contributed by atoms with van der Waals surface area (Å²) in [5.74, 6) is 0.697. The predicted molar refractivity (Wildman–Crippen MR) is 67.4 cm³/mol. The standard InChI is InChI=1S/C13H27NO2/c1-12(2)8-6-4-5-7-10-14-11-9-13(15)16-3/h12,14H,4-11H2,1-3H3. The molecule has 3 heteroatoms. The summed E-state index contributed by atoms with van der Waals surface area (Å²) < 4.78 is 4.55. The van der Waals surface area contributed by atoms with Gasteiger partial charge in [0.2, 0.25) is 0 Å². The highest BCUT2D eigenvalue weighted by Gasteiger charge is 1.98. The van der Waals surface area contributed by atoms with Crippen LogP contribution in [0.1, 0.15) is 52.4 Å². The molecule has 0 aliphatic carbocycles. The second kappa shape index (κ2) is 10.9. The zero-order chi connectivity index (χ0) is 12.2. The van der Waals surface area contributed by atoms with Gasteiger partial charge in [0.15, 0.2) is 0 Å². The van der Waals surface area contributed by atoms with E-state index in [1.807, 2.05) is 0 Å². The summed E-state index contributed by atoms with van der Waals surface area (Å²) in [6.45, 7) is 6.29. The van der Waals surface area contributed by atoms with Crippen LogP contribution in [0.15, 0.2) is 0 Å². The lowest BCUT2D eigenvalue weighted by Gasteiger charge is -2.05. The van der Waals surface area contributed by atoms with E-state index in [0.29, 0.717) is 6.42 Å². The molecule has 0 bridgehead atoms. The van der Waals surface area contributed by atoms with E-state index in [1.165, 1.54) is 39.2 Å². The second-order valence-electron chi connectivity index (χ2n) is 4.67. The maximum Gasteiger partial charge on any atom is 0.306 e. The van der Waals surface area contributed by atoms with E-state index in [-0.39, 0.29) is 5.97 Å². The van der Waals surface area contributed by atoms with Gasteiger partial charge in [0.25, 0.3) is 0 Å². The quantitative estimate of drug-likeness (QED) is 0.462. The molecule has 0 unspecified atom stereocenters. The normalized spacial score (nSPS) is 10.8. The van der Waals surface area contributed by atoms with Gasteiger partial charge in [-0.15, -0.1) is 0 Å². The molecule has 16 heavy (non-hydrogen) atoms. The van der Waals surface area contributed by atoms with E-state index in [1.54, 1.807) is 0 Å². The summed E-state index contributed by atoms with van der Waals surface area (Å²) in [5, 5.41) is 3.25. The Morgan fingerprint density at radius 2 is 1.81 bits per heavy atom. The molecular weight excluding hydrogens is 202 g/mol. The fourth-order valence-electron chi connectivity index (χ4n) is 1.57.